The summed E-state index contributed by atoms with van der Waals surface area (Å²) in [5, 5.41) is 5.05. The van der Waals surface area contributed by atoms with Gasteiger partial charge in [0, 0.05) is 17.0 Å². The van der Waals surface area contributed by atoms with Crippen LogP contribution >= 0.6 is 11.6 Å². The molecule has 0 spiro atoms. The van der Waals surface area contributed by atoms with Crippen LogP contribution < -0.4 is 19.6 Å². The summed E-state index contributed by atoms with van der Waals surface area (Å²) in [7, 11) is 3.12. The Morgan fingerprint density at radius 3 is 2.68 bits per heavy atom. The van der Waals surface area contributed by atoms with Gasteiger partial charge in [-0.05, 0) is 30.3 Å². The van der Waals surface area contributed by atoms with Gasteiger partial charge in [0.25, 0.3) is 5.91 Å². The Balaban J connectivity index is 1.62. The van der Waals surface area contributed by atoms with Crippen molar-refractivity contribution in [2.24, 2.45) is 5.10 Å². The van der Waals surface area contributed by atoms with Crippen molar-refractivity contribution in [3.05, 3.63) is 59.2 Å². The predicted molar refractivity (Wildman–Crippen MR) is 108 cm³/mol. The van der Waals surface area contributed by atoms with Crippen molar-refractivity contribution < 1.29 is 19.0 Å². The van der Waals surface area contributed by atoms with Gasteiger partial charge in [-0.3, -0.25) is 4.79 Å². The summed E-state index contributed by atoms with van der Waals surface area (Å²) in [5.41, 5.74) is 3.67. The Hall–Kier alpha value is -3.32. The number of aromatic nitrogens is 1. The first-order valence-electron chi connectivity index (χ1n) is 8.32. The van der Waals surface area contributed by atoms with E-state index in [4.69, 9.17) is 25.8 Å². The zero-order valence-electron chi connectivity index (χ0n) is 15.3. The van der Waals surface area contributed by atoms with Gasteiger partial charge in [-0.2, -0.15) is 5.10 Å². The van der Waals surface area contributed by atoms with Crippen molar-refractivity contribution in [2.75, 3.05) is 20.8 Å². The van der Waals surface area contributed by atoms with Crippen molar-refractivity contribution >= 4 is 34.6 Å². The number of nitrogens with one attached hydrogen (secondary N) is 1. The molecule has 0 atom stereocenters. The lowest BCUT2D eigenvalue weighted by molar-refractivity contribution is -0.123. The van der Waals surface area contributed by atoms with Crippen LogP contribution in [0.3, 0.4) is 0 Å². The van der Waals surface area contributed by atoms with Gasteiger partial charge in [0.05, 0.1) is 26.0 Å². The number of hydrogen-bond donors (Lipinski definition) is 1. The van der Waals surface area contributed by atoms with Crippen molar-refractivity contribution in [3.63, 3.8) is 0 Å². The number of rotatable bonds is 7. The van der Waals surface area contributed by atoms with Crippen molar-refractivity contribution in [3.8, 4) is 17.2 Å². The largest absolute Gasteiger partial charge is 0.497 e. The molecule has 0 aliphatic carbocycles. The molecule has 2 aromatic carbocycles. The summed E-state index contributed by atoms with van der Waals surface area (Å²) in [6.45, 7) is -0.207. The van der Waals surface area contributed by atoms with Crippen LogP contribution in [0.2, 0.25) is 5.15 Å². The second-order valence-corrected chi connectivity index (χ2v) is 6.02. The monoisotopic (exact) mass is 399 g/mol. The topological polar surface area (TPSA) is 82.0 Å². The summed E-state index contributed by atoms with van der Waals surface area (Å²) in [6.07, 6.45) is 1.43. The van der Waals surface area contributed by atoms with E-state index in [9.17, 15) is 4.79 Å². The Morgan fingerprint density at radius 1 is 1.14 bits per heavy atom. The molecule has 0 saturated carbocycles. The maximum atomic E-state index is 11.9. The lowest BCUT2D eigenvalue weighted by Crippen LogP contribution is -2.24. The first-order chi connectivity index (χ1) is 13.6. The second kappa shape index (κ2) is 9.05. The van der Waals surface area contributed by atoms with E-state index in [0.29, 0.717) is 28.3 Å². The molecule has 0 bridgehead atoms. The molecule has 7 nitrogen and oxygen atoms in total. The summed E-state index contributed by atoms with van der Waals surface area (Å²) in [5.74, 6) is 1.29. The molecule has 0 radical (unpaired) electrons. The third kappa shape index (κ3) is 4.69. The van der Waals surface area contributed by atoms with E-state index >= 15 is 0 Å². The zero-order valence-corrected chi connectivity index (χ0v) is 16.1. The van der Waals surface area contributed by atoms with Crippen LogP contribution in [0.1, 0.15) is 5.56 Å². The molecule has 8 heteroatoms. The van der Waals surface area contributed by atoms with E-state index in [1.165, 1.54) is 13.3 Å². The SMILES string of the molecule is COc1ccc2cc(/C=N\NC(=O)COc3ccccc3OC)c(Cl)nc2c1. The van der Waals surface area contributed by atoms with Crippen molar-refractivity contribution in [1.82, 2.24) is 10.4 Å². The number of carbonyl (C=O) groups excluding carboxylic acids is 1. The van der Waals surface area contributed by atoms with Gasteiger partial charge in [0.15, 0.2) is 18.1 Å². The summed E-state index contributed by atoms with van der Waals surface area (Å²) >= 11 is 6.19. The average molecular weight is 400 g/mol. The molecule has 0 aliphatic heterocycles. The number of carbonyl (C=O) groups is 1. The number of ether oxygens (including phenoxy) is 3. The van der Waals surface area contributed by atoms with Gasteiger partial charge in [-0.1, -0.05) is 23.7 Å². The number of fused-ring (bicyclic) bond motifs is 1. The van der Waals surface area contributed by atoms with Gasteiger partial charge in [-0.15, -0.1) is 0 Å². The Bertz CT molecular complexity index is 1020. The van der Waals surface area contributed by atoms with Crippen molar-refractivity contribution in [1.29, 1.82) is 0 Å². The number of hydrogen-bond acceptors (Lipinski definition) is 6. The van der Waals surface area contributed by atoms with E-state index < -0.39 is 5.91 Å². The number of halogens is 1. The number of hydrazone groups is 1. The fraction of sp³-hybridized carbons (Fsp3) is 0.150. The molecule has 1 aromatic heterocycles. The minimum absolute atomic E-state index is 0.207. The molecule has 1 heterocycles. The molecule has 28 heavy (non-hydrogen) atoms. The first-order valence-corrected chi connectivity index (χ1v) is 8.70. The third-order valence-electron chi connectivity index (χ3n) is 3.83. The molecule has 1 amide bonds. The quantitative estimate of drug-likeness (QED) is 0.374. The van der Waals surface area contributed by atoms with Crippen LogP contribution in [0, 0.1) is 0 Å². The fourth-order valence-corrected chi connectivity index (χ4v) is 2.64. The number of amides is 1. The van der Waals surface area contributed by atoms with Gasteiger partial charge in [0.1, 0.15) is 10.9 Å². The highest BCUT2D eigenvalue weighted by atomic mass is 35.5. The lowest BCUT2D eigenvalue weighted by atomic mass is 10.1. The van der Waals surface area contributed by atoms with Crippen LogP contribution in [0.5, 0.6) is 17.2 Å². The van der Waals surface area contributed by atoms with Crippen LogP contribution in [0.15, 0.2) is 53.6 Å². The Morgan fingerprint density at radius 2 is 1.93 bits per heavy atom. The zero-order chi connectivity index (χ0) is 19.9. The van der Waals surface area contributed by atoms with Gasteiger partial charge >= 0.3 is 0 Å². The second-order valence-electron chi connectivity index (χ2n) is 5.66. The number of benzene rings is 2. The van der Waals surface area contributed by atoms with Crippen LogP contribution in [-0.2, 0) is 4.79 Å². The van der Waals surface area contributed by atoms with Crippen LogP contribution in [0.4, 0.5) is 0 Å². The lowest BCUT2D eigenvalue weighted by Gasteiger charge is -2.09. The molecule has 1 N–H and O–H groups in total. The maximum Gasteiger partial charge on any atom is 0.277 e. The van der Waals surface area contributed by atoms with Gasteiger partial charge in [-0.25, -0.2) is 10.4 Å². The van der Waals surface area contributed by atoms with Crippen molar-refractivity contribution in [2.45, 2.75) is 0 Å². The standard InChI is InChI=1S/C20H18ClN3O4/c1-26-15-8-7-13-9-14(20(21)23-16(13)10-15)11-22-24-19(25)12-28-18-6-4-3-5-17(18)27-2/h3-11H,12H2,1-2H3,(H,24,25)/b22-11-. The van der Waals surface area contributed by atoms with E-state index in [2.05, 4.69) is 15.5 Å². The maximum absolute atomic E-state index is 11.9. The minimum atomic E-state index is -0.420. The normalized spacial score (nSPS) is 10.8. The number of pyridine rings is 1. The third-order valence-corrected chi connectivity index (χ3v) is 4.13. The van der Waals surface area contributed by atoms with Crippen LogP contribution in [-0.4, -0.2) is 37.9 Å². The summed E-state index contributed by atoms with van der Waals surface area (Å²) in [6, 6.07) is 14.4. The van der Waals surface area contributed by atoms with E-state index in [1.54, 1.807) is 31.4 Å². The number of nitrogens with zero attached hydrogens (tertiary/aromatic N) is 2. The fourth-order valence-electron chi connectivity index (χ4n) is 2.44. The molecule has 3 aromatic rings. The molecular weight excluding hydrogens is 382 g/mol. The first kappa shape index (κ1) is 19.4. The molecule has 3 rings (SSSR count). The molecular formula is C20H18ClN3O4. The summed E-state index contributed by atoms with van der Waals surface area (Å²) < 4.78 is 15.8. The highest BCUT2D eigenvalue weighted by molar-refractivity contribution is 6.32. The number of methoxy groups -OCH3 is 2. The molecule has 0 unspecified atom stereocenters. The van der Waals surface area contributed by atoms with Gasteiger partial charge < -0.3 is 14.2 Å². The summed E-state index contributed by atoms with van der Waals surface area (Å²) in [4.78, 5) is 16.2. The highest BCUT2D eigenvalue weighted by Gasteiger charge is 2.07. The average Bonchev–Trinajstić information content (AvgIpc) is 2.72. The molecule has 0 aliphatic rings. The van der Waals surface area contributed by atoms with E-state index in [1.807, 2.05) is 24.3 Å². The smallest absolute Gasteiger partial charge is 0.277 e. The molecule has 0 saturated heterocycles. The number of para-hydroxylation sites is 2. The Labute approximate surface area is 166 Å². The van der Waals surface area contributed by atoms with Crippen LogP contribution in [0.25, 0.3) is 10.9 Å². The highest BCUT2D eigenvalue weighted by Crippen LogP contribution is 2.25. The Kier molecular flexibility index (Phi) is 6.29. The molecule has 144 valence electrons. The minimum Gasteiger partial charge on any atom is -0.497 e. The van der Waals surface area contributed by atoms with E-state index in [0.717, 1.165) is 5.39 Å². The van der Waals surface area contributed by atoms with E-state index in [-0.39, 0.29) is 11.8 Å². The predicted octanol–water partition coefficient (Wildman–Crippen LogP) is 3.43. The van der Waals surface area contributed by atoms with Gasteiger partial charge in [0.2, 0.25) is 0 Å². The molecule has 0 fully saturated rings.